The number of carboxylic acid groups (broad SMARTS) is 1. The van der Waals surface area contributed by atoms with E-state index in [1.54, 1.807) is 6.92 Å². The van der Waals surface area contributed by atoms with Crippen LogP contribution in [0, 0.1) is 15.9 Å². The van der Waals surface area contributed by atoms with E-state index < -0.39 is 33.0 Å². The molecule has 0 aliphatic rings. The van der Waals surface area contributed by atoms with Crippen molar-refractivity contribution < 1.29 is 19.2 Å². The summed E-state index contributed by atoms with van der Waals surface area (Å²) in [7, 11) is 0. The molecule has 1 aromatic rings. The molecule has 0 spiro atoms. The summed E-state index contributed by atoms with van der Waals surface area (Å²) in [4.78, 5) is 21.2. The molecular weight excluding hydrogens is 279 g/mol. The lowest BCUT2D eigenvalue weighted by molar-refractivity contribution is -0.384. The molecule has 0 bridgehead atoms. The van der Waals surface area contributed by atoms with E-state index >= 15 is 0 Å². The van der Waals surface area contributed by atoms with Gasteiger partial charge in [-0.1, -0.05) is 18.5 Å². The molecule has 2 N–H and O–H groups in total. The molecule has 0 saturated carbocycles. The number of carboxylic acids is 1. The minimum Gasteiger partial charge on any atom is -0.480 e. The molecule has 104 valence electrons. The van der Waals surface area contributed by atoms with Crippen molar-refractivity contribution in [3.05, 3.63) is 33.1 Å². The van der Waals surface area contributed by atoms with E-state index in [0.717, 1.165) is 12.1 Å². The Morgan fingerprint density at radius 3 is 2.63 bits per heavy atom. The van der Waals surface area contributed by atoms with Gasteiger partial charge in [0.25, 0.3) is 5.69 Å². The molecule has 0 aromatic heterocycles. The zero-order valence-corrected chi connectivity index (χ0v) is 11.0. The highest BCUT2D eigenvalue weighted by atomic mass is 35.5. The van der Waals surface area contributed by atoms with Gasteiger partial charge in [0, 0.05) is 12.1 Å². The van der Waals surface area contributed by atoms with Crippen molar-refractivity contribution in [1.29, 1.82) is 0 Å². The quantitative estimate of drug-likeness (QED) is 0.642. The van der Waals surface area contributed by atoms with Gasteiger partial charge >= 0.3 is 5.97 Å². The fourth-order valence-corrected chi connectivity index (χ4v) is 1.54. The number of aliphatic carboxylic acids is 1. The van der Waals surface area contributed by atoms with Gasteiger partial charge in [-0.25, -0.2) is 9.18 Å². The highest BCUT2D eigenvalue weighted by Crippen LogP contribution is 2.32. The van der Waals surface area contributed by atoms with Crippen LogP contribution in [-0.4, -0.2) is 21.5 Å². The maximum atomic E-state index is 13.4. The first-order chi connectivity index (χ1) is 8.71. The van der Waals surface area contributed by atoms with Crippen LogP contribution in [0.5, 0.6) is 0 Å². The van der Waals surface area contributed by atoms with Crippen molar-refractivity contribution >= 4 is 28.9 Å². The molecule has 0 saturated heterocycles. The predicted octanol–water partition coefficient (Wildman–Crippen LogP) is 3.05. The van der Waals surface area contributed by atoms with Crippen LogP contribution < -0.4 is 5.32 Å². The number of nitrogens with zero attached hydrogens (tertiary/aromatic N) is 1. The van der Waals surface area contributed by atoms with E-state index in [9.17, 15) is 19.3 Å². The second kappa shape index (κ2) is 5.40. The maximum absolute atomic E-state index is 13.4. The zero-order chi connectivity index (χ0) is 14.8. The monoisotopic (exact) mass is 290 g/mol. The molecule has 1 rings (SSSR count). The molecule has 0 fully saturated rings. The van der Waals surface area contributed by atoms with Crippen LogP contribution in [0.2, 0.25) is 5.02 Å². The number of halogens is 2. The lowest BCUT2D eigenvalue weighted by atomic mass is 9.98. The third-order valence-corrected chi connectivity index (χ3v) is 3.11. The van der Waals surface area contributed by atoms with Gasteiger partial charge in [0.05, 0.1) is 9.95 Å². The SMILES string of the molecule is CCC(C)(Nc1cc(F)c(Cl)cc1[N+](=O)[O-])C(=O)O. The van der Waals surface area contributed by atoms with Gasteiger partial charge in [-0.05, 0) is 13.3 Å². The van der Waals surface area contributed by atoms with E-state index in [1.807, 2.05) is 0 Å². The molecular formula is C11H12ClFN2O4. The summed E-state index contributed by atoms with van der Waals surface area (Å²) >= 11 is 5.47. The number of benzene rings is 1. The summed E-state index contributed by atoms with van der Waals surface area (Å²) in [5.74, 6) is -2.06. The molecule has 0 radical (unpaired) electrons. The van der Waals surface area contributed by atoms with Gasteiger partial charge in [0.15, 0.2) is 0 Å². The minimum absolute atomic E-state index is 0.156. The van der Waals surface area contributed by atoms with Crippen molar-refractivity contribution in [2.45, 2.75) is 25.8 Å². The molecule has 0 heterocycles. The van der Waals surface area contributed by atoms with Gasteiger partial charge in [0.2, 0.25) is 0 Å². The second-order valence-corrected chi connectivity index (χ2v) is 4.56. The van der Waals surface area contributed by atoms with Crippen LogP contribution in [-0.2, 0) is 4.79 Å². The van der Waals surface area contributed by atoms with Crippen molar-refractivity contribution in [2.24, 2.45) is 0 Å². The van der Waals surface area contributed by atoms with Gasteiger partial charge in [-0.3, -0.25) is 10.1 Å². The van der Waals surface area contributed by atoms with Gasteiger partial charge in [-0.15, -0.1) is 0 Å². The van der Waals surface area contributed by atoms with E-state index in [-0.39, 0.29) is 12.1 Å². The van der Waals surface area contributed by atoms with Crippen LogP contribution in [0.3, 0.4) is 0 Å². The van der Waals surface area contributed by atoms with Crippen LogP contribution in [0.4, 0.5) is 15.8 Å². The van der Waals surface area contributed by atoms with Gasteiger partial charge in [-0.2, -0.15) is 0 Å². The van der Waals surface area contributed by atoms with Crippen LogP contribution in [0.25, 0.3) is 0 Å². The maximum Gasteiger partial charge on any atom is 0.329 e. The predicted molar refractivity (Wildman–Crippen MR) is 68.0 cm³/mol. The lowest BCUT2D eigenvalue weighted by Gasteiger charge is -2.25. The van der Waals surface area contributed by atoms with Crippen LogP contribution >= 0.6 is 11.6 Å². The number of rotatable bonds is 5. The molecule has 1 aromatic carbocycles. The van der Waals surface area contributed by atoms with Crippen molar-refractivity contribution in [3.63, 3.8) is 0 Å². The highest BCUT2D eigenvalue weighted by Gasteiger charge is 2.33. The minimum atomic E-state index is -1.44. The first-order valence-electron chi connectivity index (χ1n) is 5.36. The molecule has 0 amide bonds. The first kappa shape index (κ1) is 15.2. The van der Waals surface area contributed by atoms with Crippen LogP contribution in [0.1, 0.15) is 20.3 Å². The number of hydrogen-bond donors (Lipinski definition) is 2. The van der Waals surface area contributed by atoms with Crippen molar-refractivity contribution in [2.75, 3.05) is 5.32 Å². The average Bonchev–Trinajstić information content (AvgIpc) is 2.32. The number of hydrogen-bond acceptors (Lipinski definition) is 4. The van der Waals surface area contributed by atoms with E-state index in [4.69, 9.17) is 16.7 Å². The average molecular weight is 291 g/mol. The molecule has 8 heteroatoms. The summed E-state index contributed by atoms with van der Waals surface area (Å²) in [6.07, 6.45) is 0.156. The zero-order valence-electron chi connectivity index (χ0n) is 10.2. The smallest absolute Gasteiger partial charge is 0.329 e. The Bertz CT molecular complexity index is 538. The van der Waals surface area contributed by atoms with E-state index in [1.165, 1.54) is 6.92 Å². The normalized spacial score (nSPS) is 13.7. The second-order valence-electron chi connectivity index (χ2n) is 4.16. The third kappa shape index (κ3) is 3.11. The Labute approximate surface area is 113 Å². The Morgan fingerprint density at radius 1 is 1.63 bits per heavy atom. The first-order valence-corrected chi connectivity index (χ1v) is 5.74. The number of carbonyl (C=O) groups is 1. The van der Waals surface area contributed by atoms with Crippen LogP contribution in [0.15, 0.2) is 12.1 Å². The molecule has 0 aliphatic carbocycles. The van der Waals surface area contributed by atoms with Crippen molar-refractivity contribution in [3.8, 4) is 0 Å². The Hall–Kier alpha value is -1.89. The number of nitro groups is 1. The van der Waals surface area contributed by atoms with Gasteiger partial charge < -0.3 is 10.4 Å². The summed E-state index contributed by atoms with van der Waals surface area (Å²) in [5, 5.41) is 22.0. The standard InChI is InChI=1S/C11H12ClFN2O4/c1-3-11(2,10(16)17)14-8-5-7(13)6(12)4-9(8)15(18)19/h4-5,14H,3H2,1-2H3,(H,16,17). The Kier molecular flexibility index (Phi) is 4.31. The highest BCUT2D eigenvalue weighted by molar-refractivity contribution is 6.31. The molecule has 0 aliphatic heterocycles. The number of nitrogens with one attached hydrogen (secondary N) is 1. The third-order valence-electron chi connectivity index (χ3n) is 2.82. The Morgan fingerprint density at radius 2 is 2.21 bits per heavy atom. The molecule has 19 heavy (non-hydrogen) atoms. The fraction of sp³-hybridized carbons (Fsp3) is 0.364. The summed E-state index contributed by atoms with van der Waals surface area (Å²) in [6, 6.07) is 1.66. The fourth-order valence-electron chi connectivity index (χ4n) is 1.38. The summed E-state index contributed by atoms with van der Waals surface area (Å²) in [5.41, 5.74) is -2.14. The van der Waals surface area contributed by atoms with Crippen molar-refractivity contribution in [1.82, 2.24) is 0 Å². The lowest BCUT2D eigenvalue weighted by Crippen LogP contribution is -2.42. The molecule has 1 atom stereocenters. The van der Waals surface area contributed by atoms with E-state index in [2.05, 4.69) is 5.32 Å². The topological polar surface area (TPSA) is 92.5 Å². The molecule has 6 nitrogen and oxygen atoms in total. The largest absolute Gasteiger partial charge is 0.480 e. The summed E-state index contributed by atoms with van der Waals surface area (Å²) < 4.78 is 13.4. The molecule has 1 unspecified atom stereocenters. The van der Waals surface area contributed by atoms with Gasteiger partial charge in [0.1, 0.15) is 17.0 Å². The Balaban J connectivity index is 3.30. The number of anilines is 1. The summed E-state index contributed by atoms with van der Waals surface area (Å²) in [6.45, 7) is 2.95. The van der Waals surface area contributed by atoms with E-state index in [0.29, 0.717) is 0 Å². The number of nitro benzene ring substituents is 1.